The maximum Gasteiger partial charge on any atom is 0.269 e. The summed E-state index contributed by atoms with van der Waals surface area (Å²) >= 11 is 0. The van der Waals surface area contributed by atoms with E-state index < -0.39 is 0 Å². The molecule has 0 radical (unpaired) electrons. The number of carbonyl (C=O) groups is 1. The Bertz CT molecular complexity index is 586. The molecule has 5 nitrogen and oxygen atoms in total. The van der Waals surface area contributed by atoms with Crippen molar-refractivity contribution in [2.24, 2.45) is 0 Å². The molecule has 2 aromatic heterocycles. The summed E-state index contributed by atoms with van der Waals surface area (Å²) in [7, 11) is 0. The van der Waals surface area contributed by atoms with Gasteiger partial charge in [-0.1, -0.05) is 25.8 Å². The number of unbranched alkanes of at least 4 members (excludes halogenated alkanes) is 2. The van der Waals surface area contributed by atoms with Gasteiger partial charge in [-0.15, -0.1) is 0 Å². The quantitative estimate of drug-likeness (QED) is 0.735. The average Bonchev–Trinajstić information content (AvgIpc) is 2.58. The standard InChI is InChI=1S/C17H22N4O/c1-2-3-4-9-20-17(22)16-11-15(7-10-19-16)21-13-14-6-5-8-18-12-14/h5-8,10-12H,2-4,9,13H2,1H3,(H,19,21)(H,20,22). The second kappa shape index (κ2) is 8.77. The van der Waals surface area contributed by atoms with Crippen LogP contribution in [-0.4, -0.2) is 22.4 Å². The smallest absolute Gasteiger partial charge is 0.269 e. The van der Waals surface area contributed by atoms with Crippen LogP contribution in [0.1, 0.15) is 42.2 Å². The second-order valence-electron chi connectivity index (χ2n) is 5.11. The lowest BCUT2D eigenvalue weighted by atomic mass is 10.2. The Balaban J connectivity index is 1.87. The summed E-state index contributed by atoms with van der Waals surface area (Å²) in [6, 6.07) is 7.52. The minimum absolute atomic E-state index is 0.124. The largest absolute Gasteiger partial charge is 0.381 e. The molecule has 0 aliphatic rings. The molecule has 2 N–H and O–H groups in total. The highest BCUT2D eigenvalue weighted by molar-refractivity contribution is 5.93. The van der Waals surface area contributed by atoms with Crippen LogP contribution in [0, 0.1) is 0 Å². The Morgan fingerprint density at radius 2 is 2.14 bits per heavy atom. The monoisotopic (exact) mass is 298 g/mol. The summed E-state index contributed by atoms with van der Waals surface area (Å²) < 4.78 is 0. The third-order valence-electron chi connectivity index (χ3n) is 3.28. The van der Waals surface area contributed by atoms with Gasteiger partial charge >= 0.3 is 0 Å². The van der Waals surface area contributed by atoms with E-state index in [1.54, 1.807) is 18.5 Å². The highest BCUT2D eigenvalue weighted by atomic mass is 16.1. The lowest BCUT2D eigenvalue weighted by Gasteiger charge is -2.08. The molecule has 116 valence electrons. The van der Waals surface area contributed by atoms with E-state index >= 15 is 0 Å². The maximum absolute atomic E-state index is 12.0. The first-order valence-electron chi connectivity index (χ1n) is 7.66. The molecule has 0 bridgehead atoms. The highest BCUT2D eigenvalue weighted by Gasteiger charge is 2.07. The number of amides is 1. The van der Waals surface area contributed by atoms with E-state index in [1.807, 2.05) is 24.4 Å². The molecule has 0 saturated carbocycles. The minimum Gasteiger partial charge on any atom is -0.381 e. The van der Waals surface area contributed by atoms with Crippen molar-refractivity contribution in [3.63, 3.8) is 0 Å². The molecule has 0 aliphatic heterocycles. The Morgan fingerprint density at radius 3 is 2.91 bits per heavy atom. The molecule has 5 heteroatoms. The molecule has 0 unspecified atom stereocenters. The zero-order valence-corrected chi connectivity index (χ0v) is 12.9. The zero-order chi connectivity index (χ0) is 15.6. The van der Waals surface area contributed by atoms with Crippen molar-refractivity contribution in [3.8, 4) is 0 Å². The van der Waals surface area contributed by atoms with E-state index in [2.05, 4.69) is 27.5 Å². The van der Waals surface area contributed by atoms with Crippen LogP contribution in [0.5, 0.6) is 0 Å². The summed E-state index contributed by atoms with van der Waals surface area (Å²) in [6.45, 7) is 3.50. The lowest BCUT2D eigenvalue weighted by Crippen LogP contribution is -2.25. The molecule has 2 heterocycles. The number of carbonyl (C=O) groups excluding carboxylic acids is 1. The van der Waals surface area contributed by atoms with Crippen molar-refractivity contribution in [2.75, 3.05) is 11.9 Å². The van der Waals surface area contributed by atoms with Gasteiger partial charge in [0.1, 0.15) is 5.69 Å². The van der Waals surface area contributed by atoms with Gasteiger partial charge in [-0.25, -0.2) is 0 Å². The Morgan fingerprint density at radius 1 is 1.23 bits per heavy atom. The van der Waals surface area contributed by atoms with Crippen molar-refractivity contribution < 1.29 is 4.79 Å². The van der Waals surface area contributed by atoms with Gasteiger partial charge in [-0.3, -0.25) is 14.8 Å². The first kappa shape index (κ1) is 15.9. The molecule has 2 rings (SSSR count). The number of nitrogens with zero attached hydrogens (tertiary/aromatic N) is 2. The van der Waals surface area contributed by atoms with E-state index in [1.165, 1.54) is 0 Å². The van der Waals surface area contributed by atoms with Crippen LogP contribution in [0.2, 0.25) is 0 Å². The summed E-state index contributed by atoms with van der Waals surface area (Å²) in [6.07, 6.45) is 8.47. The van der Waals surface area contributed by atoms with Gasteiger partial charge in [0.2, 0.25) is 0 Å². The van der Waals surface area contributed by atoms with Gasteiger partial charge < -0.3 is 10.6 Å². The van der Waals surface area contributed by atoms with Gasteiger partial charge in [0.05, 0.1) is 0 Å². The third kappa shape index (κ3) is 5.16. The van der Waals surface area contributed by atoms with Crippen LogP contribution in [0.3, 0.4) is 0 Å². The van der Waals surface area contributed by atoms with Crippen LogP contribution in [-0.2, 0) is 6.54 Å². The highest BCUT2D eigenvalue weighted by Crippen LogP contribution is 2.10. The molecular weight excluding hydrogens is 276 g/mol. The Hall–Kier alpha value is -2.43. The molecule has 0 fully saturated rings. The van der Waals surface area contributed by atoms with Gasteiger partial charge in [-0.05, 0) is 30.2 Å². The number of pyridine rings is 2. The predicted octanol–water partition coefficient (Wildman–Crippen LogP) is 3.01. The molecule has 2 aromatic rings. The van der Waals surface area contributed by atoms with Crippen LogP contribution < -0.4 is 10.6 Å². The van der Waals surface area contributed by atoms with E-state index in [0.29, 0.717) is 18.8 Å². The second-order valence-corrected chi connectivity index (χ2v) is 5.11. The van der Waals surface area contributed by atoms with Crippen LogP contribution in [0.4, 0.5) is 5.69 Å². The minimum atomic E-state index is -0.124. The molecule has 0 aliphatic carbocycles. The Labute approximate surface area is 131 Å². The number of rotatable bonds is 8. The number of hydrogen-bond donors (Lipinski definition) is 2. The Kier molecular flexibility index (Phi) is 6.36. The molecule has 0 aromatic carbocycles. The number of nitrogens with one attached hydrogen (secondary N) is 2. The normalized spacial score (nSPS) is 10.2. The van der Waals surface area contributed by atoms with Gasteiger partial charge in [0.25, 0.3) is 5.91 Å². The summed E-state index contributed by atoms with van der Waals surface area (Å²) in [5.74, 6) is -0.124. The first-order valence-corrected chi connectivity index (χ1v) is 7.66. The molecular formula is C17H22N4O. The zero-order valence-electron chi connectivity index (χ0n) is 12.9. The fourth-order valence-corrected chi connectivity index (χ4v) is 2.04. The maximum atomic E-state index is 12.0. The lowest BCUT2D eigenvalue weighted by molar-refractivity contribution is 0.0948. The van der Waals surface area contributed by atoms with E-state index in [-0.39, 0.29) is 5.91 Å². The van der Waals surface area contributed by atoms with Crippen LogP contribution in [0.15, 0.2) is 42.9 Å². The molecule has 0 saturated heterocycles. The summed E-state index contributed by atoms with van der Waals surface area (Å²) in [5, 5.41) is 6.17. The topological polar surface area (TPSA) is 66.9 Å². The molecule has 22 heavy (non-hydrogen) atoms. The van der Waals surface area contributed by atoms with Crippen LogP contribution in [0.25, 0.3) is 0 Å². The van der Waals surface area contributed by atoms with Crippen molar-refractivity contribution >= 4 is 11.6 Å². The van der Waals surface area contributed by atoms with Gasteiger partial charge in [0.15, 0.2) is 0 Å². The van der Waals surface area contributed by atoms with E-state index in [0.717, 1.165) is 30.5 Å². The van der Waals surface area contributed by atoms with Crippen molar-refractivity contribution in [2.45, 2.75) is 32.7 Å². The molecule has 0 spiro atoms. The number of anilines is 1. The predicted molar refractivity (Wildman–Crippen MR) is 87.7 cm³/mol. The summed E-state index contributed by atoms with van der Waals surface area (Å²) in [5.41, 5.74) is 2.40. The first-order chi connectivity index (χ1) is 10.8. The van der Waals surface area contributed by atoms with Crippen molar-refractivity contribution in [3.05, 3.63) is 54.1 Å². The average molecular weight is 298 g/mol. The van der Waals surface area contributed by atoms with Gasteiger partial charge in [-0.2, -0.15) is 0 Å². The molecule has 1 amide bonds. The van der Waals surface area contributed by atoms with Crippen molar-refractivity contribution in [1.29, 1.82) is 0 Å². The van der Waals surface area contributed by atoms with Gasteiger partial charge in [0, 0.05) is 37.4 Å². The van der Waals surface area contributed by atoms with Crippen molar-refractivity contribution in [1.82, 2.24) is 15.3 Å². The third-order valence-corrected chi connectivity index (χ3v) is 3.28. The summed E-state index contributed by atoms with van der Waals surface area (Å²) in [4.78, 5) is 20.2. The fourth-order valence-electron chi connectivity index (χ4n) is 2.04. The molecule has 0 atom stereocenters. The van der Waals surface area contributed by atoms with E-state index in [4.69, 9.17) is 0 Å². The SMILES string of the molecule is CCCCCNC(=O)c1cc(NCc2cccnc2)ccn1. The number of hydrogen-bond acceptors (Lipinski definition) is 4. The van der Waals surface area contributed by atoms with E-state index in [9.17, 15) is 4.79 Å². The number of aromatic nitrogens is 2. The fraction of sp³-hybridized carbons (Fsp3) is 0.353. The van der Waals surface area contributed by atoms with Crippen LogP contribution >= 0.6 is 0 Å².